The van der Waals surface area contributed by atoms with Crippen LogP contribution >= 0.6 is 15.9 Å². The number of hydrogen-bond donors (Lipinski definition) is 1. The summed E-state index contributed by atoms with van der Waals surface area (Å²) in [7, 11) is 1.58. The summed E-state index contributed by atoms with van der Waals surface area (Å²) in [5.41, 5.74) is 0.855. The van der Waals surface area contributed by atoms with Gasteiger partial charge in [-0.2, -0.15) is 0 Å². The fraction of sp³-hybridized carbons (Fsp3) is 0.364. The molecule has 1 N–H and O–H groups in total. The lowest BCUT2D eigenvalue weighted by Crippen LogP contribution is -2.08. The Morgan fingerprint density at radius 2 is 2.12 bits per heavy atom. The van der Waals surface area contributed by atoms with Crippen LogP contribution in [0.25, 0.3) is 0 Å². The maximum Gasteiger partial charge on any atom is 0.336 e. The highest BCUT2D eigenvalue weighted by atomic mass is 79.9. The SMILES string of the molecule is COCCOc1c(Br)ccc(C(=O)O)c1C. The third-order valence-electron chi connectivity index (χ3n) is 2.12. The first-order valence-electron chi connectivity index (χ1n) is 4.72. The van der Waals surface area contributed by atoms with Gasteiger partial charge in [-0.1, -0.05) is 0 Å². The van der Waals surface area contributed by atoms with E-state index in [-0.39, 0.29) is 5.56 Å². The minimum Gasteiger partial charge on any atom is -0.490 e. The molecule has 1 aromatic carbocycles. The number of rotatable bonds is 5. The third-order valence-corrected chi connectivity index (χ3v) is 2.75. The minimum atomic E-state index is -0.957. The van der Waals surface area contributed by atoms with Gasteiger partial charge in [0.05, 0.1) is 16.6 Å². The third kappa shape index (κ3) is 2.96. The van der Waals surface area contributed by atoms with E-state index in [1.165, 1.54) is 0 Å². The molecule has 0 saturated carbocycles. The topological polar surface area (TPSA) is 55.8 Å². The summed E-state index contributed by atoms with van der Waals surface area (Å²) in [6.45, 7) is 2.57. The molecule has 0 spiro atoms. The molecule has 0 aromatic heterocycles. The van der Waals surface area contributed by atoms with Gasteiger partial charge in [-0.15, -0.1) is 0 Å². The Hall–Kier alpha value is -1.07. The van der Waals surface area contributed by atoms with Gasteiger partial charge in [-0.05, 0) is 35.0 Å². The lowest BCUT2D eigenvalue weighted by molar-refractivity contribution is 0.0695. The zero-order valence-corrected chi connectivity index (χ0v) is 10.7. The number of methoxy groups -OCH3 is 1. The van der Waals surface area contributed by atoms with E-state index in [1.807, 2.05) is 0 Å². The standard InChI is InChI=1S/C11H13BrO4/c1-7-8(11(13)14)3-4-9(12)10(7)16-6-5-15-2/h3-4H,5-6H2,1-2H3,(H,13,14). The molecule has 0 saturated heterocycles. The number of hydrogen-bond acceptors (Lipinski definition) is 3. The molecule has 5 heteroatoms. The Bertz CT molecular complexity index is 390. The fourth-order valence-corrected chi connectivity index (χ4v) is 1.84. The van der Waals surface area contributed by atoms with Crippen molar-refractivity contribution in [3.63, 3.8) is 0 Å². The molecular formula is C11H13BrO4. The molecule has 0 aliphatic rings. The summed E-state index contributed by atoms with van der Waals surface area (Å²) in [5, 5.41) is 8.96. The second-order valence-corrected chi connectivity index (χ2v) is 4.05. The van der Waals surface area contributed by atoms with Gasteiger partial charge in [-0.25, -0.2) is 4.79 Å². The predicted octanol–water partition coefficient (Wildman–Crippen LogP) is 2.48. The van der Waals surface area contributed by atoms with Gasteiger partial charge in [0, 0.05) is 12.7 Å². The molecule has 4 nitrogen and oxygen atoms in total. The van der Waals surface area contributed by atoms with E-state index in [4.69, 9.17) is 14.6 Å². The molecule has 0 fully saturated rings. The maximum absolute atomic E-state index is 10.9. The van der Waals surface area contributed by atoms with E-state index in [2.05, 4.69) is 15.9 Å². The number of halogens is 1. The van der Waals surface area contributed by atoms with Crippen molar-refractivity contribution in [3.8, 4) is 5.75 Å². The van der Waals surface area contributed by atoms with Crippen LogP contribution in [0, 0.1) is 6.92 Å². The number of carboxylic acids is 1. The minimum absolute atomic E-state index is 0.246. The Labute approximate surface area is 102 Å². The van der Waals surface area contributed by atoms with Crippen molar-refractivity contribution in [1.29, 1.82) is 0 Å². The highest BCUT2D eigenvalue weighted by Gasteiger charge is 2.14. The first-order valence-corrected chi connectivity index (χ1v) is 5.51. The summed E-state index contributed by atoms with van der Waals surface area (Å²) in [6, 6.07) is 3.21. The lowest BCUT2D eigenvalue weighted by Gasteiger charge is -2.12. The molecule has 1 aromatic rings. The van der Waals surface area contributed by atoms with Gasteiger partial charge >= 0.3 is 5.97 Å². The highest BCUT2D eigenvalue weighted by molar-refractivity contribution is 9.10. The van der Waals surface area contributed by atoms with Gasteiger partial charge in [0.25, 0.3) is 0 Å². The average molecular weight is 289 g/mol. The van der Waals surface area contributed by atoms with Gasteiger partial charge < -0.3 is 14.6 Å². The molecule has 0 atom stereocenters. The molecule has 16 heavy (non-hydrogen) atoms. The van der Waals surface area contributed by atoms with E-state index in [1.54, 1.807) is 26.2 Å². The largest absolute Gasteiger partial charge is 0.490 e. The van der Waals surface area contributed by atoms with Crippen LogP contribution in [-0.2, 0) is 4.74 Å². The summed E-state index contributed by atoms with van der Waals surface area (Å²) in [5.74, 6) is -0.404. The van der Waals surface area contributed by atoms with Crippen LogP contribution in [-0.4, -0.2) is 31.4 Å². The normalized spacial score (nSPS) is 10.2. The molecule has 0 bridgehead atoms. The fourth-order valence-electron chi connectivity index (χ4n) is 1.29. The Morgan fingerprint density at radius 1 is 1.44 bits per heavy atom. The first-order chi connectivity index (χ1) is 7.57. The Kier molecular flexibility index (Phi) is 4.76. The van der Waals surface area contributed by atoms with E-state index in [9.17, 15) is 4.79 Å². The van der Waals surface area contributed by atoms with Crippen molar-refractivity contribution in [2.75, 3.05) is 20.3 Å². The van der Waals surface area contributed by atoms with E-state index in [0.717, 1.165) is 4.47 Å². The molecule has 0 unspecified atom stereocenters. The zero-order chi connectivity index (χ0) is 12.1. The predicted molar refractivity (Wildman–Crippen MR) is 63.2 cm³/mol. The maximum atomic E-state index is 10.9. The highest BCUT2D eigenvalue weighted by Crippen LogP contribution is 2.31. The van der Waals surface area contributed by atoms with E-state index < -0.39 is 5.97 Å². The van der Waals surface area contributed by atoms with Crippen molar-refractivity contribution in [1.82, 2.24) is 0 Å². The monoisotopic (exact) mass is 288 g/mol. The van der Waals surface area contributed by atoms with Crippen LogP contribution in [0.4, 0.5) is 0 Å². The Balaban J connectivity index is 2.97. The molecule has 0 aliphatic heterocycles. The summed E-state index contributed by atoms with van der Waals surface area (Å²) < 4.78 is 11.1. The van der Waals surface area contributed by atoms with Gasteiger partial charge in [-0.3, -0.25) is 0 Å². The van der Waals surface area contributed by atoms with Crippen molar-refractivity contribution in [2.45, 2.75) is 6.92 Å². The first kappa shape index (κ1) is 13.0. The molecule has 0 aliphatic carbocycles. The molecular weight excluding hydrogens is 276 g/mol. The van der Waals surface area contributed by atoms with Crippen molar-refractivity contribution < 1.29 is 19.4 Å². The van der Waals surface area contributed by atoms with Gasteiger partial charge in [0.1, 0.15) is 12.4 Å². The molecule has 1 rings (SSSR count). The van der Waals surface area contributed by atoms with Crippen LogP contribution in [0.3, 0.4) is 0 Å². The quantitative estimate of drug-likeness (QED) is 0.846. The van der Waals surface area contributed by atoms with Crippen molar-refractivity contribution in [3.05, 3.63) is 27.7 Å². The second-order valence-electron chi connectivity index (χ2n) is 3.20. The summed E-state index contributed by atoms with van der Waals surface area (Å²) >= 11 is 3.32. The molecule has 88 valence electrons. The van der Waals surface area contributed by atoms with E-state index >= 15 is 0 Å². The van der Waals surface area contributed by atoms with Crippen molar-refractivity contribution >= 4 is 21.9 Å². The Morgan fingerprint density at radius 3 is 2.69 bits per heavy atom. The number of carbonyl (C=O) groups is 1. The van der Waals surface area contributed by atoms with Crippen LogP contribution in [0.15, 0.2) is 16.6 Å². The van der Waals surface area contributed by atoms with E-state index in [0.29, 0.717) is 24.5 Å². The van der Waals surface area contributed by atoms with Gasteiger partial charge in [0.2, 0.25) is 0 Å². The van der Waals surface area contributed by atoms with Gasteiger partial charge in [0.15, 0.2) is 0 Å². The van der Waals surface area contributed by atoms with Crippen LogP contribution in [0.5, 0.6) is 5.75 Å². The summed E-state index contributed by atoms with van der Waals surface area (Å²) in [6.07, 6.45) is 0. The summed E-state index contributed by atoms with van der Waals surface area (Å²) in [4.78, 5) is 10.9. The molecule has 0 radical (unpaired) electrons. The molecule has 0 amide bonds. The number of ether oxygens (including phenoxy) is 2. The van der Waals surface area contributed by atoms with Crippen molar-refractivity contribution in [2.24, 2.45) is 0 Å². The van der Waals surface area contributed by atoms with Crippen LogP contribution in [0.2, 0.25) is 0 Å². The number of benzene rings is 1. The number of carboxylic acid groups (broad SMARTS) is 1. The number of aromatic carboxylic acids is 1. The smallest absolute Gasteiger partial charge is 0.336 e. The zero-order valence-electron chi connectivity index (χ0n) is 9.12. The second kappa shape index (κ2) is 5.86. The van der Waals surface area contributed by atoms with Crippen LogP contribution in [0.1, 0.15) is 15.9 Å². The lowest BCUT2D eigenvalue weighted by atomic mass is 10.1. The molecule has 0 heterocycles. The van der Waals surface area contributed by atoms with Crippen LogP contribution < -0.4 is 4.74 Å². The average Bonchev–Trinajstić information content (AvgIpc) is 2.22.